The Kier molecular flexibility index (Phi) is 5.50. The van der Waals surface area contributed by atoms with Crippen molar-refractivity contribution < 1.29 is 14.3 Å². The van der Waals surface area contributed by atoms with Gasteiger partial charge in [0.25, 0.3) is 0 Å². The van der Waals surface area contributed by atoms with Crippen LogP contribution in [0.5, 0.6) is 11.5 Å². The Labute approximate surface area is 178 Å². The number of imidazole rings is 1. The topological polar surface area (TPSA) is 67.5 Å². The second kappa shape index (κ2) is 8.06. The molecule has 4 rings (SSSR count). The van der Waals surface area contributed by atoms with Crippen molar-refractivity contribution in [1.29, 1.82) is 0 Å². The lowest BCUT2D eigenvalue weighted by molar-refractivity contribution is -0.129. The first-order valence-electron chi connectivity index (χ1n) is 9.69. The quantitative estimate of drug-likeness (QED) is 0.581. The molecule has 0 bridgehead atoms. The summed E-state index contributed by atoms with van der Waals surface area (Å²) in [5.74, 6) is 1.81. The van der Waals surface area contributed by atoms with Crippen LogP contribution in [0.25, 0.3) is 11.0 Å². The van der Waals surface area contributed by atoms with E-state index in [9.17, 15) is 4.79 Å². The number of amides is 1. The van der Waals surface area contributed by atoms with E-state index in [0.717, 1.165) is 32.6 Å². The zero-order valence-corrected chi connectivity index (χ0v) is 18.3. The first-order valence-corrected chi connectivity index (χ1v) is 10.5. The van der Waals surface area contributed by atoms with Gasteiger partial charge < -0.3 is 19.4 Å². The number of H-pyrrole nitrogens is 1. The number of carbonyl (C=O) groups excluding carboxylic acids is 1. The molecule has 0 spiro atoms. The second-order valence-corrected chi connectivity index (χ2v) is 8.40. The van der Waals surface area contributed by atoms with E-state index >= 15 is 0 Å². The van der Waals surface area contributed by atoms with Crippen LogP contribution in [0.3, 0.4) is 0 Å². The van der Waals surface area contributed by atoms with Gasteiger partial charge in [0.2, 0.25) is 5.91 Å². The molecule has 0 radical (unpaired) electrons. The molecule has 6 nitrogen and oxygen atoms in total. The van der Waals surface area contributed by atoms with Gasteiger partial charge in [-0.3, -0.25) is 4.79 Å². The molecular formula is C22H24BrN3O3. The number of carbonyl (C=O) groups is 1. The van der Waals surface area contributed by atoms with Gasteiger partial charge in [-0.2, -0.15) is 0 Å². The third kappa shape index (κ3) is 3.96. The van der Waals surface area contributed by atoms with Crippen LogP contribution >= 0.6 is 15.9 Å². The summed E-state index contributed by atoms with van der Waals surface area (Å²) in [5.41, 5.74) is 2.81. The average Bonchev–Trinajstić information content (AvgIpc) is 3.34. The molecule has 0 aliphatic carbocycles. The molecule has 1 N–H and O–H groups in total. The van der Waals surface area contributed by atoms with E-state index in [0.29, 0.717) is 13.0 Å². The summed E-state index contributed by atoms with van der Waals surface area (Å²) in [6.07, 6.45) is 2.03. The molecule has 1 fully saturated rings. The lowest BCUT2D eigenvalue weighted by Crippen LogP contribution is -2.31. The van der Waals surface area contributed by atoms with E-state index in [1.54, 1.807) is 13.4 Å². The number of hydrogen-bond donors (Lipinski definition) is 1. The van der Waals surface area contributed by atoms with Crippen molar-refractivity contribution >= 4 is 32.9 Å². The number of aromatic nitrogens is 2. The summed E-state index contributed by atoms with van der Waals surface area (Å²) in [5, 5.41) is 0. The molecule has 1 aliphatic heterocycles. The predicted molar refractivity (Wildman–Crippen MR) is 115 cm³/mol. The number of aromatic amines is 1. The number of ether oxygens (including phenoxy) is 2. The minimum atomic E-state index is -0.110. The SMILES string of the molecule is COc1ccc([C@@H](C)N2C[C@H]([C@@H](C)Oc3cc(Br)cc4[nH]cnc34)CC2=O)cc1. The zero-order valence-electron chi connectivity index (χ0n) is 16.7. The molecule has 2 heterocycles. The number of halogens is 1. The lowest BCUT2D eigenvalue weighted by atomic mass is 10.0. The van der Waals surface area contributed by atoms with Crippen molar-refractivity contribution in [3.63, 3.8) is 0 Å². The van der Waals surface area contributed by atoms with Crippen LogP contribution < -0.4 is 9.47 Å². The van der Waals surface area contributed by atoms with Gasteiger partial charge in [-0.15, -0.1) is 0 Å². The molecule has 1 aliphatic rings. The van der Waals surface area contributed by atoms with Crippen molar-refractivity contribution in [2.45, 2.75) is 32.4 Å². The highest BCUT2D eigenvalue weighted by molar-refractivity contribution is 9.10. The monoisotopic (exact) mass is 457 g/mol. The van der Waals surface area contributed by atoms with E-state index in [2.05, 4.69) is 32.8 Å². The third-order valence-electron chi connectivity index (χ3n) is 5.68. The average molecular weight is 458 g/mol. The van der Waals surface area contributed by atoms with Crippen molar-refractivity contribution in [2.24, 2.45) is 5.92 Å². The van der Waals surface area contributed by atoms with Crippen LogP contribution in [0.2, 0.25) is 0 Å². The number of nitrogens with zero attached hydrogens (tertiary/aromatic N) is 2. The minimum Gasteiger partial charge on any atom is -0.497 e. The van der Waals surface area contributed by atoms with Crippen LogP contribution in [0, 0.1) is 5.92 Å². The van der Waals surface area contributed by atoms with Crippen molar-refractivity contribution in [3.8, 4) is 11.5 Å². The van der Waals surface area contributed by atoms with Gasteiger partial charge in [-0.25, -0.2) is 4.98 Å². The van der Waals surface area contributed by atoms with Gasteiger partial charge in [0.15, 0.2) is 0 Å². The van der Waals surface area contributed by atoms with Crippen LogP contribution in [0.4, 0.5) is 0 Å². The van der Waals surface area contributed by atoms with Crippen LogP contribution in [-0.2, 0) is 4.79 Å². The highest BCUT2D eigenvalue weighted by Gasteiger charge is 2.37. The molecule has 1 aromatic heterocycles. The molecule has 0 saturated carbocycles. The Morgan fingerprint density at radius 2 is 2.00 bits per heavy atom. The summed E-state index contributed by atoms with van der Waals surface area (Å²) >= 11 is 3.52. The summed E-state index contributed by atoms with van der Waals surface area (Å²) in [7, 11) is 1.65. The maximum atomic E-state index is 12.7. The lowest BCUT2D eigenvalue weighted by Gasteiger charge is -2.27. The van der Waals surface area contributed by atoms with E-state index in [4.69, 9.17) is 9.47 Å². The van der Waals surface area contributed by atoms with Crippen LogP contribution in [0.15, 0.2) is 47.2 Å². The van der Waals surface area contributed by atoms with Crippen molar-refractivity contribution in [1.82, 2.24) is 14.9 Å². The first kappa shape index (κ1) is 19.8. The smallest absolute Gasteiger partial charge is 0.223 e. The maximum Gasteiger partial charge on any atom is 0.223 e. The van der Waals surface area contributed by atoms with Gasteiger partial charge in [-0.05, 0) is 43.7 Å². The molecule has 7 heteroatoms. The summed E-state index contributed by atoms with van der Waals surface area (Å²) < 4.78 is 12.4. The number of methoxy groups -OCH3 is 1. The Hall–Kier alpha value is -2.54. The molecule has 29 heavy (non-hydrogen) atoms. The molecule has 1 saturated heterocycles. The summed E-state index contributed by atoms with van der Waals surface area (Å²) in [4.78, 5) is 22.1. The molecule has 0 unspecified atom stereocenters. The van der Waals surface area contributed by atoms with Gasteiger partial charge >= 0.3 is 0 Å². The fourth-order valence-electron chi connectivity index (χ4n) is 3.88. The molecular weight excluding hydrogens is 434 g/mol. The number of hydrogen-bond acceptors (Lipinski definition) is 4. The first-order chi connectivity index (χ1) is 14.0. The van der Waals surface area contributed by atoms with E-state index in [1.165, 1.54) is 0 Å². The fraction of sp³-hybridized carbons (Fsp3) is 0.364. The second-order valence-electron chi connectivity index (χ2n) is 7.49. The Bertz CT molecular complexity index is 1020. The van der Waals surface area contributed by atoms with Gasteiger partial charge in [0.1, 0.15) is 23.1 Å². The highest BCUT2D eigenvalue weighted by atomic mass is 79.9. The number of benzene rings is 2. The van der Waals surface area contributed by atoms with Gasteiger partial charge in [-0.1, -0.05) is 28.1 Å². The summed E-state index contributed by atoms with van der Waals surface area (Å²) in [6, 6.07) is 11.8. The molecule has 3 aromatic rings. The summed E-state index contributed by atoms with van der Waals surface area (Å²) in [6.45, 7) is 4.76. The standard InChI is InChI=1S/C22H24BrN3O3/c1-13(15-4-6-18(28-3)7-5-15)26-11-16(8-21(26)27)14(2)29-20-10-17(23)9-19-22(20)25-12-24-19/h4-7,9-10,12-14,16H,8,11H2,1-3H3,(H,24,25)/t13-,14-,16-/m1/s1. The van der Waals surface area contributed by atoms with E-state index < -0.39 is 0 Å². The number of rotatable bonds is 6. The van der Waals surface area contributed by atoms with Gasteiger partial charge in [0, 0.05) is 23.4 Å². The normalized spacial score (nSPS) is 18.8. The maximum absolute atomic E-state index is 12.7. The third-order valence-corrected chi connectivity index (χ3v) is 6.14. The number of nitrogens with one attached hydrogen (secondary N) is 1. The van der Waals surface area contributed by atoms with Crippen LogP contribution in [0.1, 0.15) is 31.9 Å². The fourth-order valence-corrected chi connectivity index (χ4v) is 4.32. The Morgan fingerprint density at radius 1 is 1.24 bits per heavy atom. The van der Waals surface area contributed by atoms with Crippen molar-refractivity contribution in [3.05, 3.63) is 52.8 Å². The predicted octanol–water partition coefficient (Wildman–Crippen LogP) is 4.71. The Morgan fingerprint density at radius 3 is 2.72 bits per heavy atom. The van der Waals surface area contributed by atoms with Crippen LogP contribution in [-0.4, -0.2) is 40.5 Å². The zero-order chi connectivity index (χ0) is 20.5. The van der Waals surface area contributed by atoms with Crippen molar-refractivity contribution in [2.75, 3.05) is 13.7 Å². The van der Waals surface area contributed by atoms with E-state index in [-0.39, 0.29) is 24.0 Å². The largest absolute Gasteiger partial charge is 0.497 e. The molecule has 1 amide bonds. The minimum absolute atomic E-state index is 0.00882. The molecule has 3 atom stereocenters. The molecule has 152 valence electrons. The number of likely N-dealkylation sites (tertiary alicyclic amines) is 1. The molecule has 2 aromatic carbocycles. The van der Waals surface area contributed by atoms with Gasteiger partial charge in [0.05, 0.1) is 25.0 Å². The highest BCUT2D eigenvalue weighted by Crippen LogP contribution is 2.34. The number of fused-ring (bicyclic) bond motifs is 1. The Balaban J connectivity index is 1.47. The van der Waals surface area contributed by atoms with E-state index in [1.807, 2.05) is 48.2 Å².